The van der Waals surface area contributed by atoms with Gasteiger partial charge in [0.05, 0.1) is 52.2 Å². The second-order valence-electron chi connectivity index (χ2n) is 8.22. The maximum atomic E-state index is 8.29. The number of aliphatic imine (C=N–C) groups is 2. The minimum absolute atomic E-state index is 0.183. The molecule has 2 aromatic heterocycles. The zero-order chi connectivity index (χ0) is 20.8. The van der Waals surface area contributed by atoms with Crippen LogP contribution in [0.3, 0.4) is 0 Å². The van der Waals surface area contributed by atoms with Crippen molar-refractivity contribution in [2.75, 3.05) is 59.3 Å². The highest BCUT2D eigenvalue weighted by Gasteiger charge is 2.29. The van der Waals surface area contributed by atoms with Crippen molar-refractivity contribution in [1.29, 1.82) is 5.41 Å². The van der Waals surface area contributed by atoms with Crippen molar-refractivity contribution in [1.82, 2.24) is 19.5 Å². The Kier molecular flexibility index (Phi) is 4.58. The van der Waals surface area contributed by atoms with Crippen LogP contribution in [0.2, 0.25) is 0 Å². The number of anilines is 1. The van der Waals surface area contributed by atoms with E-state index in [-0.39, 0.29) is 5.71 Å². The van der Waals surface area contributed by atoms with Crippen molar-refractivity contribution >= 4 is 34.5 Å². The summed E-state index contributed by atoms with van der Waals surface area (Å²) in [5.74, 6) is 1.90. The molecule has 0 unspecified atom stereocenters. The lowest BCUT2D eigenvalue weighted by atomic mass is 10.1. The Morgan fingerprint density at radius 1 is 1.24 bits per heavy atom. The maximum absolute atomic E-state index is 8.29. The number of fused-ring (bicyclic) bond motifs is 1. The normalized spacial score (nSPS) is 20.8. The van der Waals surface area contributed by atoms with Gasteiger partial charge in [-0.15, -0.1) is 0 Å². The third kappa shape index (κ3) is 3.58. The second kappa shape index (κ2) is 6.96. The summed E-state index contributed by atoms with van der Waals surface area (Å²) in [5.41, 5.74) is 8.08. The summed E-state index contributed by atoms with van der Waals surface area (Å²) < 4.78 is 2.71. The van der Waals surface area contributed by atoms with Gasteiger partial charge in [-0.2, -0.15) is 9.61 Å². The Balaban J connectivity index is 1.70. The predicted octanol–water partition coefficient (Wildman–Crippen LogP) is 0.492. The topological polar surface area (TPSA) is 111 Å². The van der Waals surface area contributed by atoms with Crippen LogP contribution in [0.15, 0.2) is 40.2 Å². The first-order valence-corrected chi connectivity index (χ1v) is 9.56. The van der Waals surface area contributed by atoms with Crippen LogP contribution in [0.4, 0.5) is 11.5 Å². The number of piperazine rings is 1. The van der Waals surface area contributed by atoms with Gasteiger partial charge >= 0.3 is 0 Å². The zero-order valence-electron chi connectivity index (χ0n) is 17.3. The molecule has 1 saturated heterocycles. The fourth-order valence-electron chi connectivity index (χ4n) is 3.46. The van der Waals surface area contributed by atoms with Crippen LogP contribution in [0, 0.1) is 5.41 Å². The molecule has 0 spiro atoms. The molecule has 4 heterocycles. The molecule has 10 heteroatoms. The number of likely N-dealkylation sites (N-methyl/N-ethyl adjacent to an activating group) is 1. The molecule has 2 aromatic rings. The van der Waals surface area contributed by atoms with Gasteiger partial charge in [0.1, 0.15) is 17.2 Å². The third-order valence-electron chi connectivity index (χ3n) is 5.31. The van der Waals surface area contributed by atoms with Gasteiger partial charge in [-0.25, -0.2) is 15.0 Å². The molecule has 0 radical (unpaired) electrons. The van der Waals surface area contributed by atoms with Crippen LogP contribution >= 0.6 is 0 Å². The van der Waals surface area contributed by atoms with Gasteiger partial charge < -0.3 is 20.0 Å². The molecule has 1 fully saturated rings. The van der Waals surface area contributed by atoms with E-state index in [4.69, 9.17) is 11.1 Å². The minimum Gasteiger partial charge on any atom is -0.396 e. The monoisotopic (exact) mass is 395 g/mol. The quantitative estimate of drug-likeness (QED) is 0.719. The first-order valence-electron chi connectivity index (χ1n) is 9.56. The lowest BCUT2D eigenvalue weighted by Gasteiger charge is -2.40. The molecule has 0 aliphatic carbocycles. The van der Waals surface area contributed by atoms with E-state index in [1.54, 1.807) is 23.0 Å². The zero-order valence-corrected chi connectivity index (χ0v) is 17.3. The van der Waals surface area contributed by atoms with Crippen molar-refractivity contribution in [2.45, 2.75) is 0 Å². The van der Waals surface area contributed by atoms with E-state index >= 15 is 0 Å². The summed E-state index contributed by atoms with van der Waals surface area (Å²) in [6.45, 7) is 3.76. The summed E-state index contributed by atoms with van der Waals surface area (Å²) in [6, 6.07) is 1.88. The Labute approximate surface area is 169 Å². The number of nitrogens with one attached hydrogen (secondary N) is 1. The summed E-state index contributed by atoms with van der Waals surface area (Å²) in [7, 11) is 8.34. The average molecular weight is 395 g/mol. The Morgan fingerprint density at radius 3 is 2.66 bits per heavy atom. The van der Waals surface area contributed by atoms with Gasteiger partial charge in [-0.05, 0) is 12.1 Å². The van der Waals surface area contributed by atoms with Gasteiger partial charge in [0.15, 0.2) is 17.3 Å². The molecule has 2 aliphatic rings. The maximum Gasteiger partial charge on any atom is 0.183 e. The van der Waals surface area contributed by atoms with E-state index in [1.807, 2.05) is 25.1 Å². The number of nitrogens with two attached hydrogens (primary N) is 1. The van der Waals surface area contributed by atoms with Crippen molar-refractivity contribution in [2.24, 2.45) is 15.7 Å². The molecular formula is C19H27N10+. The number of amidine groups is 2. The SMILES string of the molecule is CN(C)c1ccnc2c(N=C3N=C(N4CC[N+](C)(C)CC4)C(N)=CC3=N)cnn12. The predicted molar refractivity (Wildman–Crippen MR) is 115 cm³/mol. The van der Waals surface area contributed by atoms with Gasteiger partial charge in [0, 0.05) is 20.3 Å². The van der Waals surface area contributed by atoms with E-state index in [2.05, 4.69) is 39.1 Å². The number of quaternary nitrogens is 1. The largest absolute Gasteiger partial charge is 0.396 e. The summed E-state index contributed by atoms with van der Waals surface area (Å²) in [4.78, 5) is 17.8. The van der Waals surface area contributed by atoms with Gasteiger partial charge in [-0.1, -0.05) is 0 Å². The van der Waals surface area contributed by atoms with Gasteiger partial charge in [0.25, 0.3) is 0 Å². The molecule has 10 nitrogen and oxygen atoms in total. The lowest BCUT2D eigenvalue weighted by Crippen LogP contribution is -2.57. The molecule has 2 aliphatic heterocycles. The third-order valence-corrected chi connectivity index (χ3v) is 5.31. The van der Waals surface area contributed by atoms with Crippen LogP contribution in [-0.2, 0) is 0 Å². The van der Waals surface area contributed by atoms with E-state index in [0.29, 0.717) is 28.7 Å². The molecule has 3 N–H and O–H groups in total. The van der Waals surface area contributed by atoms with Gasteiger partial charge in [-0.3, -0.25) is 5.41 Å². The number of hydrogen-bond donors (Lipinski definition) is 2. The number of hydrogen-bond acceptors (Lipinski definition) is 7. The molecule has 0 saturated carbocycles. The van der Waals surface area contributed by atoms with Crippen LogP contribution in [0.1, 0.15) is 0 Å². The number of aromatic nitrogens is 3. The lowest BCUT2D eigenvalue weighted by molar-refractivity contribution is -0.894. The fraction of sp³-hybridized carbons (Fsp3) is 0.421. The van der Waals surface area contributed by atoms with Crippen LogP contribution in [0.5, 0.6) is 0 Å². The molecule has 0 amide bonds. The van der Waals surface area contributed by atoms with Crippen LogP contribution in [-0.4, -0.2) is 95.7 Å². The molecule has 4 rings (SSSR count). The van der Waals surface area contributed by atoms with Crippen molar-refractivity contribution < 1.29 is 4.48 Å². The Morgan fingerprint density at radius 2 is 1.97 bits per heavy atom. The number of rotatable bonds is 2. The first kappa shape index (κ1) is 19.1. The standard InChI is InChI=1S/C19H27N10/c1-26(2)16-5-6-22-19-15(12-23-28(16)19)24-17-13(20)11-14(21)18(25-17)27-7-9-29(3,4)10-8-27/h5-6,11-12,20H,7-10,21H2,1-4H3/q+1. The smallest absolute Gasteiger partial charge is 0.183 e. The highest BCUT2D eigenvalue weighted by atomic mass is 15.4. The van der Waals surface area contributed by atoms with E-state index < -0.39 is 0 Å². The molecule has 29 heavy (non-hydrogen) atoms. The van der Waals surface area contributed by atoms with E-state index in [9.17, 15) is 0 Å². The van der Waals surface area contributed by atoms with E-state index in [0.717, 1.165) is 36.5 Å². The summed E-state index contributed by atoms with van der Waals surface area (Å²) in [6.07, 6.45) is 5.00. The number of dihydropyridines is 1. The molecular weight excluding hydrogens is 368 g/mol. The second-order valence-corrected chi connectivity index (χ2v) is 8.22. The first-order chi connectivity index (χ1) is 13.7. The summed E-state index contributed by atoms with van der Waals surface area (Å²) in [5, 5.41) is 12.7. The molecule has 0 atom stereocenters. The molecule has 152 valence electrons. The molecule has 0 bridgehead atoms. The summed E-state index contributed by atoms with van der Waals surface area (Å²) >= 11 is 0. The van der Waals surface area contributed by atoms with Crippen molar-refractivity contribution in [3.8, 4) is 0 Å². The Hall–Kier alpha value is -3.27. The average Bonchev–Trinajstić information content (AvgIpc) is 3.07. The number of nitrogens with zero attached hydrogens (tertiary/aromatic N) is 8. The fourth-order valence-corrected chi connectivity index (χ4v) is 3.46. The van der Waals surface area contributed by atoms with Crippen molar-refractivity contribution in [3.63, 3.8) is 0 Å². The highest BCUT2D eigenvalue weighted by Crippen LogP contribution is 2.23. The highest BCUT2D eigenvalue weighted by molar-refractivity contribution is 6.49. The van der Waals surface area contributed by atoms with E-state index in [1.165, 1.54) is 0 Å². The van der Waals surface area contributed by atoms with Crippen LogP contribution < -0.4 is 10.6 Å². The van der Waals surface area contributed by atoms with Crippen molar-refractivity contribution in [3.05, 3.63) is 30.2 Å². The minimum atomic E-state index is 0.183. The van der Waals surface area contributed by atoms with Crippen LogP contribution in [0.25, 0.3) is 5.65 Å². The Bertz CT molecular complexity index is 1050. The molecule has 0 aromatic carbocycles. The van der Waals surface area contributed by atoms with Gasteiger partial charge in [0.2, 0.25) is 0 Å².